The van der Waals surface area contributed by atoms with E-state index in [0.29, 0.717) is 6.54 Å². The second-order valence-electron chi connectivity index (χ2n) is 7.21. The van der Waals surface area contributed by atoms with E-state index in [1.165, 1.54) is 5.56 Å². The summed E-state index contributed by atoms with van der Waals surface area (Å²) in [6, 6.07) is 10.3. The summed E-state index contributed by atoms with van der Waals surface area (Å²) < 4.78 is 5.64. The number of hydrogen-bond acceptors (Lipinski definition) is 5. The van der Waals surface area contributed by atoms with Crippen molar-refractivity contribution in [1.82, 2.24) is 33.9 Å². The van der Waals surface area contributed by atoms with Crippen molar-refractivity contribution in [3.8, 4) is 11.3 Å². The fourth-order valence-electron chi connectivity index (χ4n) is 3.64. The maximum Gasteiger partial charge on any atom is 0.153 e. The van der Waals surface area contributed by atoms with Gasteiger partial charge in [-0.3, -0.25) is 4.68 Å². The zero-order chi connectivity index (χ0) is 20.0. The van der Waals surface area contributed by atoms with Gasteiger partial charge in [-0.05, 0) is 29.8 Å². The molecule has 0 unspecified atom stereocenters. The van der Waals surface area contributed by atoms with E-state index in [-0.39, 0.29) is 12.5 Å². The van der Waals surface area contributed by atoms with Crippen LogP contribution in [0.1, 0.15) is 24.1 Å². The lowest BCUT2D eigenvalue weighted by atomic mass is 9.98. The number of aliphatic hydroxyl groups is 1. The Bertz CT molecular complexity index is 1310. The lowest BCUT2D eigenvalue weighted by molar-refractivity contribution is 0.269. The summed E-state index contributed by atoms with van der Waals surface area (Å²) in [6.45, 7) is 2.68. The first-order valence-corrected chi connectivity index (χ1v) is 9.53. The van der Waals surface area contributed by atoms with Crippen LogP contribution in [0.25, 0.3) is 27.9 Å². The fourth-order valence-corrected chi connectivity index (χ4v) is 3.64. The normalized spacial score (nSPS) is 12.8. The number of nitrogens with zero attached hydrogens (tertiary/aromatic N) is 7. The molecule has 0 saturated carbocycles. The molecule has 4 aromatic heterocycles. The predicted molar refractivity (Wildman–Crippen MR) is 110 cm³/mol. The van der Waals surface area contributed by atoms with E-state index in [0.717, 1.165) is 33.6 Å². The maximum absolute atomic E-state index is 9.09. The smallest absolute Gasteiger partial charge is 0.153 e. The van der Waals surface area contributed by atoms with Gasteiger partial charge < -0.3 is 9.67 Å². The summed E-state index contributed by atoms with van der Waals surface area (Å²) in [7, 11) is 2.00. The first kappa shape index (κ1) is 17.6. The molecule has 8 nitrogen and oxygen atoms in total. The Labute approximate surface area is 167 Å². The second kappa shape index (κ2) is 6.82. The number of benzene rings is 1. The van der Waals surface area contributed by atoms with Crippen LogP contribution in [-0.4, -0.2) is 45.6 Å². The van der Waals surface area contributed by atoms with Gasteiger partial charge in [-0.15, -0.1) is 0 Å². The summed E-state index contributed by atoms with van der Waals surface area (Å²) in [6.07, 6.45) is 7.37. The van der Waals surface area contributed by atoms with E-state index in [2.05, 4.69) is 40.2 Å². The van der Waals surface area contributed by atoms with Crippen LogP contribution in [-0.2, 0) is 13.6 Å². The molecule has 0 aliphatic carbocycles. The van der Waals surface area contributed by atoms with Crippen molar-refractivity contribution in [1.29, 1.82) is 0 Å². The zero-order valence-corrected chi connectivity index (χ0v) is 16.3. The highest BCUT2D eigenvalue weighted by atomic mass is 16.3. The molecule has 5 rings (SSSR count). The Balaban J connectivity index is 1.55. The monoisotopic (exact) mass is 387 g/mol. The molecule has 1 atom stereocenters. The SMILES string of the molecule is C[C@H](c1ccc2ncn(C)c2c1)c1cnc2ccc(-c3cnn(CCO)c3)nn12. The Hall–Kier alpha value is -3.52. The fraction of sp³-hybridized carbons (Fsp3) is 0.238. The molecule has 1 N–H and O–H groups in total. The van der Waals surface area contributed by atoms with Gasteiger partial charge in [-0.25, -0.2) is 14.5 Å². The van der Waals surface area contributed by atoms with Gasteiger partial charge in [0.05, 0.1) is 54.3 Å². The molecule has 4 heterocycles. The summed E-state index contributed by atoms with van der Waals surface area (Å²) in [5, 5.41) is 18.2. The molecule has 0 fully saturated rings. The molecular formula is C21H21N7O. The molecule has 1 aromatic carbocycles. The van der Waals surface area contributed by atoms with Gasteiger partial charge in [-0.1, -0.05) is 13.0 Å². The topological polar surface area (TPSA) is 86.1 Å². The number of aromatic nitrogens is 7. The number of rotatable bonds is 5. The predicted octanol–water partition coefficient (Wildman–Crippen LogP) is 2.62. The van der Waals surface area contributed by atoms with E-state index in [1.807, 2.05) is 47.0 Å². The number of aryl methyl sites for hydroxylation is 1. The molecule has 0 amide bonds. The van der Waals surface area contributed by atoms with Crippen LogP contribution in [0.3, 0.4) is 0 Å². The lowest BCUT2D eigenvalue weighted by Crippen LogP contribution is -2.04. The molecule has 8 heteroatoms. The Kier molecular flexibility index (Phi) is 4.13. The highest BCUT2D eigenvalue weighted by Gasteiger charge is 2.17. The average molecular weight is 387 g/mol. The first-order chi connectivity index (χ1) is 14.1. The highest BCUT2D eigenvalue weighted by Crippen LogP contribution is 2.28. The molecule has 0 aliphatic rings. The quantitative estimate of drug-likeness (QED) is 0.501. The van der Waals surface area contributed by atoms with Gasteiger partial charge in [0.2, 0.25) is 0 Å². The van der Waals surface area contributed by atoms with Gasteiger partial charge in [0.25, 0.3) is 0 Å². The molecule has 0 spiro atoms. The number of imidazole rings is 2. The van der Waals surface area contributed by atoms with E-state index in [1.54, 1.807) is 10.9 Å². The lowest BCUT2D eigenvalue weighted by Gasteiger charge is -2.12. The molecule has 5 aromatic rings. The van der Waals surface area contributed by atoms with Crippen LogP contribution in [0.15, 0.2) is 55.2 Å². The third kappa shape index (κ3) is 2.98. The summed E-state index contributed by atoms with van der Waals surface area (Å²) in [5.41, 5.74) is 6.83. The van der Waals surface area contributed by atoms with Crippen molar-refractivity contribution in [2.75, 3.05) is 6.61 Å². The van der Waals surface area contributed by atoms with Crippen molar-refractivity contribution in [3.05, 3.63) is 66.5 Å². The van der Waals surface area contributed by atoms with Crippen LogP contribution in [0.5, 0.6) is 0 Å². The number of hydrogen-bond donors (Lipinski definition) is 1. The minimum atomic E-state index is 0.0533. The largest absolute Gasteiger partial charge is 0.394 e. The Morgan fingerprint density at radius 2 is 2.00 bits per heavy atom. The van der Waals surface area contributed by atoms with Gasteiger partial charge >= 0.3 is 0 Å². The second-order valence-corrected chi connectivity index (χ2v) is 7.21. The van der Waals surface area contributed by atoms with Crippen LogP contribution in [0, 0.1) is 0 Å². The van der Waals surface area contributed by atoms with Crippen LogP contribution >= 0.6 is 0 Å². The van der Waals surface area contributed by atoms with Gasteiger partial charge in [0.1, 0.15) is 0 Å². The molecule has 0 bridgehead atoms. The van der Waals surface area contributed by atoms with Crippen molar-refractivity contribution in [3.63, 3.8) is 0 Å². The minimum Gasteiger partial charge on any atom is -0.394 e. The van der Waals surface area contributed by atoms with Gasteiger partial charge in [0, 0.05) is 24.7 Å². The Morgan fingerprint density at radius 3 is 2.86 bits per heavy atom. The zero-order valence-electron chi connectivity index (χ0n) is 16.3. The van der Waals surface area contributed by atoms with Crippen LogP contribution in [0.2, 0.25) is 0 Å². The van der Waals surface area contributed by atoms with Crippen LogP contribution < -0.4 is 0 Å². The number of aliphatic hydroxyl groups excluding tert-OH is 1. The van der Waals surface area contributed by atoms with Crippen molar-refractivity contribution in [2.45, 2.75) is 19.4 Å². The van der Waals surface area contributed by atoms with Crippen molar-refractivity contribution < 1.29 is 5.11 Å². The van der Waals surface area contributed by atoms with Crippen LogP contribution in [0.4, 0.5) is 0 Å². The van der Waals surface area contributed by atoms with E-state index >= 15 is 0 Å². The van der Waals surface area contributed by atoms with E-state index in [9.17, 15) is 0 Å². The van der Waals surface area contributed by atoms with E-state index in [4.69, 9.17) is 10.2 Å². The molecule has 0 saturated heterocycles. The minimum absolute atomic E-state index is 0.0533. The van der Waals surface area contributed by atoms with Gasteiger partial charge in [-0.2, -0.15) is 10.2 Å². The third-order valence-electron chi connectivity index (χ3n) is 5.34. The summed E-state index contributed by atoms with van der Waals surface area (Å²) in [4.78, 5) is 8.93. The molecule has 0 radical (unpaired) electrons. The molecule has 146 valence electrons. The molecule has 29 heavy (non-hydrogen) atoms. The van der Waals surface area contributed by atoms with Crippen molar-refractivity contribution in [2.24, 2.45) is 7.05 Å². The molecule has 0 aliphatic heterocycles. The highest BCUT2D eigenvalue weighted by molar-refractivity contribution is 5.76. The summed E-state index contributed by atoms with van der Waals surface area (Å²) in [5.74, 6) is 0.115. The Morgan fingerprint density at radius 1 is 1.10 bits per heavy atom. The number of fused-ring (bicyclic) bond motifs is 2. The summed E-state index contributed by atoms with van der Waals surface area (Å²) >= 11 is 0. The van der Waals surface area contributed by atoms with Crippen molar-refractivity contribution >= 4 is 16.7 Å². The third-order valence-corrected chi connectivity index (χ3v) is 5.34. The average Bonchev–Trinajstić information content (AvgIpc) is 3.46. The maximum atomic E-state index is 9.09. The van der Waals surface area contributed by atoms with E-state index < -0.39 is 0 Å². The molecular weight excluding hydrogens is 366 g/mol. The standard InChI is InChI=1S/C21H21N7O/c1-14(15-3-4-18-19(9-15)26(2)13-23-18)20-11-22-21-6-5-17(25-28(20)21)16-10-24-27(12-16)7-8-29/h3-6,9-14,29H,7-8H2,1-2H3/t14-/m1/s1. The first-order valence-electron chi connectivity index (χ1n) is 9.53. The van der Waals surface area contributed by atoms with Gasteiger partial charge in [0.15, 0.2) is 5.65 Å².